The zero-order valence-corrected chi connectivity index (χ0v) is 7.08. The molecule has 0 heterocycles. The van der Waals surface area contributed by atoms with Gasteiger partial charge < -0.3 is 0 Å². The first-order valence-electron chi connectivity index (χ1n) is 4.01. The molecule has 60 valence electrons. The van der Waals surface area contributed by atoms with Gasteiger partial charge in [0.15, 0.2) is 5.78 Å². The predicted molar refractivity (Wildman–Crippen MR) is 46.2 cm³/mol. The standard InChI is InChI=1S/C10H14O/c1-4-7(2)10-8(3)5-6-9(10)11/h4-8,10H,1H2,2-3H3. The molecule has 1 heteroatoms. The number of ketones is 1. The van der Waals surface area contributed by atoms with E-state index in [1.54, 1.807) is 6.08 Å². The normalized spacial score (nSPS) is 32.4. The lowest BCUT2D eigenvalue weighted by atomic mass is 9.85. The molecule has 0 amide bonds. The molecule has 3 unspecified atom stereocenters. The van der Waals surface area contributed by atoms with Crippen molar-refractivity contribution in [2.24, 2.45) is 17.8 Å². The molecule has 0 radical (unpaired) electrons. The van der Waals surface area contributed by atoms with E-state index in [0.717, 1.165) is 0 Å². The van der Waals surface area contributed by atoms with Gasteiger partial charge in [-0.05, 0) is 17.9 Å². The Morgan fingerprint density at radius 1 is 1.73 bits per heavy atom. The van der Waals surface area contributed by atoms with E-state index in [-0.39, 0.29) is 11.7 Å². The Bertz CT molecular complexity index is 203. The number of allylic oxidation sites excluding steroid dienone is 3. The highest BCUT2D eigenvalue weighted by Gasteiger charge is 2.29. The van der Waals surface area contributed by atoms with E-state index < -0.39 is 0 Å². The molecule has 0 bridgehead atoms. The lowest BCUT2D eigenvalue weighted by Crippen LogP contribution is -2.20. The van der Waals surface area contributed by atoms with Gasteiger partial charge in [-0.3, -0.25) is 4.79 Å². The van der Waals surface area contributed by atoms with E-state index in [4.69, 9.17) is 0 Å². The van der Waals surface area contributed by atoms with Crippen LogP contribution in [0, 0.1) is 17.8 Å². The van der Waals surface area contributed by atoms with Crippen molar-refractivity contribution in [2.75, 3.05) is 0 Å². The SMILES string of the molecule is C=CC(C)C1C(=O)C=CC1C. The summed E-state index contributed by atoms with van der Waals surface area (Å²) in [6.07, 6.45) is 5.52. The van der Waals surface area contributed by atoms with E-state index in [2.05, 4.69) is 13.5 Å². The summed E-state index contributed by atoms with van der Waals surface area (Å²) in [6.45, 7) is 7.81. The van der Waals surface area contributed by atoms with Crippen LogP contribution in [-0.2, 0) is 4.79 Å². The predicted octanol–water partition coefficient (Wildman–Crippen LogP) is 2.20. The summed E-state index contributed by atoms with van der Waals surface area (Å²) in [5.74, 6) is 1.08. The average molecular weight is 150 g/mol. The second-order valence-electron chi connectivity index (χ2n) is 3.24. The second-order valence-corrected chi connectivity index (χ2v) is 3.24. The molecule has 0 saturated carbocycles. The smallest absolute Gasteiger partial charge is 0.159 e. The Balaban J connectivity index is 2.72. The summed E-state index contributed by atoms with van der Waals surface area (Å²) in [4.78, 5) is 11.3. The van der Waals surface area contributed by atoms with Gasteiger partial charge in [-0.1, -0.05) is 26.0 Å². The van der Waals surface area contributed by atoms with Crippen LogP contribution in [0.25, 0.3) is 0 Å². The fraction of sp³-hybridized carbons (Fsp3) is 0.500. The van der Waals surface area contributed by atoms with Gasteiger partial charge in [0, 0.05) is 5.92 Å². The molecule has 0 aromatic heterocycles. The van der Waals surface area contributed by atoms with Crippen LogP contribution in [0.4, 0.5) is 0 Å². The number of rotatable bonds is 2. The zero-order valence-electron chi connectivity index (χ0n) is 7.08. The van der Waals surface area contributed by atoms with Crippen LogP contribution in [0.1, 0.15) is 13.8 Å². The van der Waals surface area contributed by atoms with Crippen LogP contribution >= 0.6 is 0 Å². The van der Waals surface area contributed by atoms with E-state index in [1.165, 1.54) is 0 Å². The van der Waals surface area contributed by atoms with Crippen molar-refractivity contribution in [1.82, 2.24) is 0 Å². The van der Waals surface area contributed by atoms with Gasteiger partial charge in [0.2, 0.25) is 0 Å². The number of hydrogen-bond acceptors (Lipinski definition) is 1. The van der Waals surface area contributed by atoms with Crippen molar-refractivity contribution in [3.05, 3.63) is 24.8 Å². The number of hydrogen-bond donors (Lipinski definition) is 0. The maximum atomic E-state index is 11.3. The fourth-order valence-electron chi connectivity index (χ4n) is 1.62. The van der Waals surface area contributed by atoms with Gasteiger partial charge in [0.1, 0.15) is 0 Å². The Morgan fingerprint density at radius 3 is 2.73 bits per heavy atom. The van der Waals surface area contributed by atoms with Crippen LogP contribution < -0.4 is 0 Å². The van der Waals surface area contributed by atoms with Gasteiger partial charge in [0.05, 0.1) is 0 Å². The molecule has 0 saturated heterocycles. The van der Waals surface area contributed by atoms with Crippen molar-refractivity contribution in [3.63, 3.8) is 0 Å². The maximum absolute atomic E-state index is 11.3. The quantitative estimate of drug-likeness (QED) is 0.551. The molecule has 0 aliphatic heterocycles. The molecule has 0 N–H and O–H groups in total. The largest absolute Gasteiger partial charge is 0.295 e. The zero-order chi connectivity index (χ0) is 8.43. The minimum atomic E-state index is 0.146. The van der Waals surface area contributed by atoms with Gasteiger partial charge in [-0.2, -0.15) is 0 Å². The van der Waals surface area contributed by atoms with E-state index in [9.17, 15) is 4.79 Å². The summed E-state index contributed by atoms with van der Waals surface area (Å²) in [6, 6.07) is 0. The minimum absolute atomic E-state index is 0.146. The number of carbonyl (C=O) groups excluding carboxylic acids is 1. The Labute approximate surface area is 67.8 Å². The lowest BCUT2D eigenvalue weighted by Gasteiger charge is -2.18. The molecule has 11 heavy (non-hydrogen) atoms. The lowest BCUT2D eigenvalue weighted by molar-refractivity contribution is -0.119. The van der Waals surface area contributed by atoms with Crippen molar-refractivity contribution in [2.45, 2.75) is 13.8 Å². The van der Waals surface area contributed by atoms with E-state index in [0.29, 0.717) is 11.8 Å². The third kappa shape index (κ3) is 1.42. The molecule has 1 rings (SSSR count). The summed E-state index contributed by atoms with van der Waals surface area (Å²) >= 11 is 0. The first-order chi connectivity index (χ1) is 5.16. The molecule has 3 atom stereocenters. The second kappa shape index (κ2) is 3.04. The van der Waals surface area contributed by atoms with Crippen LogP contribution in [0.3, 0.4) is 0 Å². The van der Waals surface area contributed by atoms with Crippen molar-refractivity contribution < 1.29 is 4.79 Å². The van der Waals surface area contributed by atoms with E-state index >= 15 is 0 Å². The molecule has 1 aliphatic carbocycles. The van der Waals surface area contributed by atoms with Crippen molar-refractivity contribution in [3.8, 4) is 0 Å². The molecule has 0 aromatic carbocycles. The summed E-state index contributed by atoms with van der Waals surface area (Å²) in [5, 5.41) is 0. The first-order valence-corrected chi connectivity index (χ1v) is 4.01. The molecule has 1 nitrogen and oxygen atoms in total. The van der Waals surface area contributed by atoms with Gasteiger partial charge in [-0.25, -0.2) is 0 Å². The molecule has 0 fully saturated rings. The third-order valence-electron chi connectivity index (χ3n) is 2.40. The summed E-state index contributed by atoms with van der Waals surface area (Å²) < 4.78 is 0. The molecular formula is C10H14O. The topological polar surface area (TPSA) is 17.1 Å². The van der Waals surface area contributed by atoms with Crippen LogP contribution in [0.15, 0.2) is 24.8 Å². The highest BCUT2D eigenvalue weighted by molar-refractivity contribution is 5.94. The Kier molecular flexibility index (Phi) is 2.28. The van der Waals surface area contributed by atoms with Crippen LogP contribution in [-0.4, -0.2) is 5.78 Å². The Morgan fingerprint density at radius 2 is 2.36 bits per heavy atom. The molecular weight excluding hydrogens is 136 g/mol. The minimum Gasteiger partial charge on any atom is -0.295 e. The third-order valence-corrected chi connectivity index (χ3v) is 2.40. The summed E-state index contributed by atoms with van der Waals surface area (Å²) in [7, 11) is 0. The van der Waals surface area contributed by atoms with Gasteiger partial charge >= 0.3 is 0 Å². The molecule has 0 aromatic rings. The van der Waals surface area contributed by atoms with Gasteiger partial charge in [-0.15, -0.1) is 6.58 Å². The number of carbonyl (C=O) groups is 1. The summed E-state index contributed by atoms with van der Waals surface area (Å²) in [5.41, 5.74) is 0. The van der Waals surface area contributed by atoms with Crippen molar-refractivity contribution in [1.29, 1.82) is 0 Å². The first kappa shape index (κ1) is 8.25. The molecule has 1 aliphatic rings. The monoisotopic (exact) mass is 150 g/mol. The van der Waals surface area contributed by atoms with Crippen LogP contribution in [0.5, 0.6) is 0 Å². The van der Waals surface area contributed by atoms with Gasteiger partial charge in [0.25, 0.3) is 0 Å². The highest BCUT2D eigenvalue weighted by atomic mass is 16.1. The molecule has 0 spiro atoms. The van der Waals surface area contributed by atoms with E-state index in [1.807, 2.05) is 19.1 Å². The highest BCUT2D eigenvalue weighted by Crippen LogP contribution is 2.29. The van der Waals surface area contributed by atoms with Crippen LogP contribution in [0.2, 0.25) is 0 Å². The maximum Gasteiger partial charge on any atom is 0.159 e. The average Bonchev–Trinajstić information content (AvgIpc) is 2.30. The Hall–Kier alpha value is -0.850. The van der Waals surface area contributed by atoms with Crippen molar-refractivity contribution >= 4 is 5.78 Å². The fourth-order valence-corrected chi connectivity index (χ4v) is 1.62.